The fraction of sp³-hybridized carbons (Fsp3) is 0.176. The van der Waals surface area contributed by atoms with Gasteiger partial charge < -0.3 is 20.4 Å². The van der Waals surface area contributed by atoms with Crippen LogP contribution in [0.5, 0.6) is 11.5 Å². The molecule has 1 aliphatic carbocycles. The molecule has 118 valence electrons. The number of aromatic hydroxyl groups is 2. The molecule has 23 heavy (non-hydrogen) atoms. The van der Waals surface area contributed by atoms with Crippen molar-refractivity contribution < 1.29 is 25.2 Å². The summed E-state index contributed by atoms with van der Waals surface area (Å²) in [6.07, 6.45) is 0. The number of ketones is 1. The van der Waals surface area contributed by atoms with E-state index in [9.17, 15) is 25.2 Å². The first kappa shape index (κ1) is 15.2. The van der Waals surface area contributed by atoms with Crippen molar-refractivity contribution in [3.63, 3.8) is 0 Å². The van der Waals surface area contributed by atoms with Crippen molar-refractivity contribution in [3.8, 4) is 22.6 Å². The Morgan fingerprint density at radius 1 is 0.826 bits per heavy atom. The number of rotatable bonds is 3. The number of fused-ring (bicyclic) bond motifs is 3. The van der Waals surface area contributed by atoms with Crippen molar-refractivity contribution in [1.29, 1.82) is 0 Å². The lowest BCUT2D eigenvalue weighted by atomic mass is 9.83. The molecular weight excluding hydrogens is 298 g/mol. The lowest BCUT2D eigenvalue weighted by Crippen LogP contribution is -2.26. The van der Waals surface area contributed by atoms with Gasteiger partial charge in [0, 0.05) is 11.1 Å². The average Bonchev–Trinajstić information content (AvgIpc) is 2.55. The fourth-order valence-corrected chi connectivity index (χ4v) is 2.62. The second kappa shape index (κ2) is 5.83. The number of carbonyl (C=O) groups excluding carboxylic acids is 1. The predicted octanol–water partition coefficient (Wildman–Crippen LogP) is 1.10. The number of nitrogens with zero attached hydrogens (tertiary/aromatic N) is 1. The SMILES string of the molecule is O=C1C(=NC(CO)CO)c2cc(O)ccc2-c2ccc(O)cc21. The van der Waals surface area contributed by atoms with Gasteiger partial charge in [0.15, 0.2) is 0 Å². The van der Waals surface area contributed by atoms with Gasteiger partial charge in [-0.1, -0.05) is 0 Å². The third kappa shape index (κ3) is 2.58. The molecule has 0 spiro atoms. The number of benzene rings is 2. The number of Topliss-reactive ketones (excluding diaryl/α,β-unsaturated/α-hetero) is 1. The molecule has 0 saturated heterocycles. The van der Waals surface area contributed by atoms with Gasteiger partial charge >= 0.3 is 0 Å². The topological polar surface area (TPSA) is 110 Å². The molecule has 0 amide bonds. The van der Waals surface area contributed by atoms with Crippen LogP contribution in [0.25, 0.3) is 11.1 Å². The molecule has 6 nitrogen and oxygen atoms in total. The minimum absolute atomic E-state index is 0.0176. The van der Waals surface area contributed by atoms with Gasteiger partial charge in [0.1, 0.15) is 17.2 Å². The zero-order valence-corrected chi connectivity index (χ0v) is 12.1. The van der Waals surface area contributed by atoms with Gasteiger partial charge in [0.2, 0.25) is 5.78 Å². The van der Waals surface area contributed by atoms with E-state index in [1.165, 1.54) is 24.3 Å². The van der Waals surface area contributed by atoms with Gasteiger partial charge in [0.05, 0.1) is 19.3 Å². The lowest BCUT2D eigenvalue weighted by Gasteiger charge is -2.22. The minimum atomic E-state index is -0.831. The van der Waals surface area contributed by atoms with Gasteiger partial charge in [-0.2, -0.15) is 0 Å². The first-order valence-corrected chi connectivity index (χ1v) is 7.06. The Balaban J connectivity index is 2.28. The maximum atomic E-state index is 12.7. The van der Waals surface area contributed by atoms with Crippen molar-refractivity contribution in [2.75, 3.05) is 13.2 Å². The number of hydrogen-bond donors (Lipinski definition) is 4. The molecule has 0 heterocycles. The van der Waals surface area contributed by atoms with E-state index in [0.29, 0.717) is 16.7 Å². The molecule has 0 aliphatic heterocycles. The Labute approximate surface area is 132 Å². The summed E-state index contributed by atoms with van der Waals surface area (Å²) in [7, 11) is 0. The maximum Gasteiger partial charge on any atom is 0.212 e. The van der Waals surface area contributed by atoms with Crippen molar-refractivity contribution in [1.82, 2.24) is 0 Å². The van der Waals surface area contributed by atoms with Gasteiger partial charge in [-0.15, -0.1) is 0 Å². The molecule has 0 aromatic heterocycles. The molecule has 0 bridgehead atoms. The summed E-state index contributed by atoms with van der Waals surface area (Å²) in [4.78, 5) is 16.9. The number of phenolic OH excluding ortho intramolecular Hbond substituents is 2. The number of phenols is 2. The molecular formula is C17H15NO5. The molecule has 3 rings (SSSR count). The number of aliphatic hydroxyl groups is 2. The molecule has 1 aliphatic rings. The Morgan fingerprint density at radius 2 is 1.35 bits per heavy atom. The summed E-state index contributed by atoms with van der Waals surface area (Å²) in [5.41, 5.74) is 2.08. The van der Waals surface area contributed by atoms with E-state index in [1.807, 2.05) is 0 Å². The largest absolute Gasteiger partial charge is 0.508 e. The fourth-order valence-electron chi connectivity index (χ4n) is 2.62. The second-order valence-corrected chi connectivity index (χ2v) is 5.29. The highest BCUT2D eigenvalue weighted by atomic mass is 16.3. The van der Waals surface area contributed by atoms with E-state index in [0.717, 1.165) is 0 Å². The van der Waals surface area contributed by atoms with E-state index >= 15 is 0 Å². The van der Waals surface area contributed by atoms with Gasteiger partial charge in [-0.3, -0.25) is 9.79 Å². The number of hydrogen-bond acceptors (Lipinski definition) is 6. The van der Waals surface area contributed by atoms with Crippen molar-refractivity contribution in [2.24, 2.45) is 4.99 Å². The van der Waals surface area contributed by atoms with Crippen LogP contribution < -0.4 is 0 Å². The minimum Gasteiger partial charge on any atom is -0.508 e. The van der Waals surface area contributed by atoms with E-state index in [-0.39, 0.29) is 22.8 Å². The Hall–Kier alpha value is -2.70. The quantitative estimate of drug-likeness (QED) is 0.678. The summed E-state index contributed by atoms with van der Waals surface area (Å²) < 4.78 is 0. The van der Waals surface area contributed by atoms with Crippen LogP contribution in [0.4, 0.5) is 0 Å². The average molecular weight is 313 g/mol. The van der Waals surface area contributed by atoms with Crippen LogP contribution in [-0.2, 0) is 0 Å². The lowest BCUT2D eigenvalue weighted by molar-refractivity contribution is 0.106. The van der Waals surface area contributed by atoms with E-state index in [1.54, 1.807) is 12.1 Å². The van der Waals surface area contributed by atoms with Crippen LogP contribution >= 0.6 is 0 Å². The smallest absolute Gasteiger partial charge is 0.212 e. The monoisotopic (exact) mass is 313 g/mol. The molecule has 2 aromatic rings. The number of aliphatic hydroxyl groups excluding tert-OH is 2. The van der Waals surface area contributed by atoms with Crippen LogP contribution in [0, 0.1) is 0 Å². The first-order valence-electron chi connectivity index (χ1n) is 7.06. The number of aliphatic imine (C=N–C) groups is 1. The van der Waals surface area contributed by atoms with Crippen LogP contribution in [0.3, 0.4) is 0 Å². The standard InChI is InChI=1S/C17H15NO5/c19-7-9(8-20)18-16-14-5-10(21)1-3-12(14)13-4-2-11(22)6-15(13)17(16)23/h1-6,9,19-22H,7-8H2. The zero-order chi connectivity index (χ0) is 16.6. The Kier molecular flexibility index (Phi) is 3.85. The molecule has 0 fully saturated rings. The highest BCUT2D eigenvalue weighted by Crippen LogP contribution is 2.37. The molecule has 0 atom stereocenters. The molecule has 4 N–H and O–H groups in total. The summed E-state index contributed by atoms with van der Waals surface area (Å²) in [5.74, 6) is -0.489. The van der Waals surface area contributed by atoms with Gasteiger partial charge in [-0.05, 0) is 47.5 Å². The first-order chi connectivity index (χ1) is 11.0. The summed E-state index contributed by atoms with van der Waals surface area (Å²) >= 11 is 0. The normalized spacial score (nSPS) is 14.9. The van der Waals surface area contributed by atoms with Gasteiger partial charge in [-0.25, -0.2) is 0 Å². The molecule has 0 radical (unpaired) electrons. The van der Waals surface area contributed by atoms with Crippen molar-refractivity contribution in [2.45, 2.75) is 6.04 Å². The summed E-state index contributed by atoms with van der Waals surface area (Å²) in [6, 6.07) is 8.22. The van der Waals surface area contributed by atoms with Crippen LogP contribution in [0.15, 0.2) is 41.4 Å². The van der Waals surface area contributed by atoms with E-state index in [2.05, 4.69) is 4.99 Å². The summed E-state index contributed by atoms with van der Waals surface area (Å²) in [6.45, 7) is -0.817. The second-order valence-electron chi connectivity index (χ2n) is 5.29. The summed E-state index contributed by atoms with van der Waals surface area (Å²) in [5, 5.41) is 37.8. The van der Waals surface area contributed by atoms with Gasteiger partial charge in [0.25, 0.3) is 0 Å². The van der Waals surface area contributed by atoms with E-state index < -0.39 is 25.0 Å². The Morgan fingerprint density at radius 3 is 1.91 bits per heavy atom. The van der Waals surface area contributed by atoms with Crippen LogP contribution in [0.2, 0.25) is 0 Å². The van der Waals surface area contributed by atoms with Crippen LogP contribution in [-0.4, -0.2) is 51.2 Å². The molecule has 2 aromatic carbocycles. The molecule has 0 unspecified atom stereocenters. The van der Waals surface area contributed by atoms with Crippen molar-refractivity contribution in [3.05, 3.63) is 47.5 Å². The van der Waals surface area contributed by atoms with E-state index in [4.69, 9.17) is 0 Å². The number of carbonyl (C=O) groups is 1. The molecule has 6 heteroatoms. The third-order valence-electron chi connectivity index (χ3n) is 3.74. The zero-order valence-electron chi connectivity index (χ0n) is 12.1. The Bertz CT molecular complexity index is 809. The predicted molar refractivity (Wildman–Crippen MR) is 84.0 cm³/mol. The molecule has 0 saturated carbocycles. The highest BCUT2D eigenvalue weighted by molar-refractivity contribution is 6.55. The third-order valence-corrected chi connectivity index (χ3v) is 3.74. The van der Waals surface area contributed by atoms with Crippen molar-refractivity contribution >= 4 is 11.5 Å². The maximum absolute atomic E-state index is 12.7. The van der Waals surface area contributed by atoms with Crippen LogP contribution in [0.1, 0.15) is 15.9 Å². The highest BCUT2D eigenvalue weighted by Gasteiger charge is 2.30.